The minimum atomic E-state index is -0.302. The summed E-state index contributed by atoms with van der Waals surface area (Å²) in [6, 6.07) is 0. The zero-order chi connectivity index (χ0) is 6.53. The minimum Gasteiger partial charge on any atom is -0.370 e. The Bertz CT molecular complexity index is 125. The molecule has 5 nitrogen and oxygen atoms in total. The van der Waals surface area contributed by atoms with Crippen molar-refractivity contribution in [1.82, 2.24) is 5.32 Å². The number of azide groups is 1. The quantitative estimate of drug-likeness (QED) is 0.312. The Labute approximate surface area is 52.6 Å². The number of hydrogen-bond donors (Lipinski definition) is 1. The average Bonchev–Trinajstić information content (AvgIpc) is 1.91. The Morgan fingerprint density at radius 3 is 3.22 bits per heavy atom. The lowest BCUT2D eigenvalue weighted by atomic mass is 10.5. The lowest BCUT2D eigenvalue weighted by molar-refractivity contribution is 0.0334. The van der Waals surface area contributed by atoms with Crippen LogP contribution in [0.4, 0.5) is 0 Å². The van der Waals surface area contributed by atoms with Crippen LogP contribution in [0, 0.1) is 0 Å². The molecule has 1 heterocycles. The van der Waals surface area contributed by atoms with Gasteiger partial charge in [0.15, 0.2) is 0 Å². The summed E-state index contributed by atoms with van der Waals surface area (Å²) in [5, 5.41) is 6.41. The topological polar surface area (TPSA) is 70.0 Å². The third kappa shape index (κ3) is 1.89. The standard InChI is InChI=1S/C4H8N4O/c5-8-7-4-3-6-1-2-9-4/h4,6H,1-3H2. The molecule has 1 aliphatic heterocycles. The molecule has 1 rings (SSSR count). The second kappa shape index (κ2) is 3.29. The molecule has 1 unspecified atom stereocenters. The van der Waals surface area contributed by atoms with Gasteiger partial charge in [0.1, 0.15) is 6.23 Å². The smallest absolute Gasteiger partial charge is 0.148 e. The minimum absolute atomic E-state index is 0.302. The van der Waals surface area contributed by atoms with Crippen molar-refractivity contribution < 1.29 is 4.74 Å². The van der Waals surface area contributed by atoms with Crippen molar-refractivity contribution >= 4 is 0 Å². The number of ether oxygens (including phenoxy) is 1. The van der Waals surface area contributed by atoms with E-state index < -0.39 is 0 Å². The molecule has 1 aliphatic rings. The fourth-order valence-electron chi connectivity index (χ4n) is 0.683. The van der Waals surface area contributed by atoms with Gasteiger partial charge < -0.3 is 10.1 Å². The maximum absolute atomic E-state index is 7.97. The Morgan fingerprint density at radius 1 is 1.78 bits per heavy atom. The van der Waals surface area contributed by atoms with Gasteiger partial charge in [-0.05, 0) is 5.53 Å². The van der Waals surface area contributed by atoms with Crippen molar-refractivity contribution in [1.29, 1.82) is 0 Å². The van der Waals surface area contributed by atoms with Crippen molar-refractivity contribution in [3.05, 3.63) is 10.4 Å². The Hall–Kier alpha value is -0.770. The molecule has 0 aromatic carbocycles. The fourth-order valence-corrected chi connectivity index (χ4v) is 0.683. The summed E-state index contributed by atoms with van der Waals surface area (Å²) in [6.45, 7) is 2.10. The summed E-state index contributed by atoms with van der Waals surface area (Å²) in [6.07, 6.45) is -0.302. The third-order valence-corrected chi connectivity index (χ3v) is 1.09. The second-order valence-electron chi connectivity index (χ2n) is 1.73. The van der Waals surface area contributed by atoms with Crippen molar-refractivity contribution in [2.24, 2.45) is 5.11 Å². The molecular formula is C4H8N4O. The highest BCUT2D eigenvalue weighted by molar-refractivity contribution is 4.64. The highest BCUT2D eigenvalue weighted by Crippen LogP contribution is 1.96. The lowest BCUT2D eigenvalue weighted by Gasteiger charge is -2.18. The first-order valence-corrected chi connectivity index (χ1v) is 2.80. The molecule has 0 radical (unpaired) electrons. The monoisotopic (exact) mass is 128 g/mol. The van der Waals surface area contributed by atoms with E-state index in [1.807, 2.05) is 0 Å². The summed E-state index contributed by atoms with van der Waals surface area (Å²) in [5.74, 6) is 0. The number of hydrogen-bond acceptors (Lipinski definition) is 3. The van der Waals surface area contributed by atoms with E-state index in [1.165, 1.54) is 0 Å². The largest absolute Gasteiger partial charge is 0.370 e. The van der Waals surface area contributed by atoms with Gasteiger partial charge in [-0.1, -0.05) is 5.11 Å². The molecule has 5 heteroatoms. The SMILES string of the molecule is [N-]=[N+]=NC1CNCCO1. The fraction of sp³-hybridized carbons (Fsp3) is 1.00. The number of rotatable bonds is 1. The van der Waals surface area contributed by atoms with Crippen molar-refractivity contribution in [3.63, 3.8) is 0 Å². The van der Waals surface area contributed by atoms with Crippen LogP contribution < -0.4 is 5.32 Å². The van der Waals surface area contributed by atoms with E-state index in [0.717, 1.165) is 6.54 Å². The zero-order valence-corrected chi connectivity index (χ0v) is 4.95. The molecule has 0 aliphatic carbocycles. The zero-order valence-electron chi connectivity index (χ0n) is 4.95. The highest BCUT2D eigenvalue weighted by Gasteiger charge is 2.09. The van der Waals surface area contributed by atoms with Crippen molar-refractivity contribution in [2.45, 2.75) is 6.23 Å². The summed E-state index contributed by atoms with van der Waals surface area (Å²) in [5.41, 5.74) is 7.97. The maximum atomic E-state index is 7.97. The molecule has 1 N–H and O–H groups in total. The van der Waals surface area contributed by atoms with Crippen LogP contribution in [-0.4, -0.2) is 25.9 Å². The average molecular weight is 128 g/mol. The van der Waals surface area contributed by atoms with Crippen LogP contribution in [0.2, 0.25) is 0 Å². The summed E-state index contributed by atoms with van der Waals surface area (Å²) in [7, 11) is 0. The molecule has 0 bridgehead atoms. The normalized spacial score (nSPS) is 26.9. The van der Waals surface area contributed by atoms with Crippen LogP contribution in [0.1, 0.15) is 0 Å². The van der Waals surface area contributed by atoms with Crippen LogP contribution in [0.3, 0.4) is 0 Å². The molecule has 0 aromatic rings. The van der Waals surface area contributed by atoms with Gasteiger partial charge in [-0.15, -0.1) is 0 Å². The van der Waals surface area contributed by atoms with Gasteiger partial charge in [-0.3, -0.25) is 0 Å². The van der Waals surface area contributed by atoms with E-state index in [0.29, 0.717) is 13.2 Å². The third-order valence-electron chi connectivity index (χ3n) is 1.09. The van der Waals surface area contributed by atoms with E-state index in [-0.39, 0.29) is 6.23 Å². The predicted molar refractivity (Wildman–Crippen MR) is 31.8 cm³/mol. The van der Waals surface area contributed by atoms with Gasteiger partial charge in [-0.25, -0.2) is 0 Å². The molecule has 0 saturated carbocycles. The Morgan fingerprint density at radius 2 is 2.67 bits per heavy atom. The van der Waals surface area contributed by atoms with Crippen LogP contribution >= 0.6 is 0 Å². The van der Waals surface area contributed by atoms with Gasteiger partial charge in [-0.2, -0.15) is 0 Å². The van der Waals surface area contributed by atoms with E-state index in [9.17, 15) is 0 Å². The van der Waals surface area contributed by atoms with E-state index in [4.69, 9.17) is 10.3 Å². The van der Waals surface area contributed by atoms with Crippen LogP contribution in [0.15, 0.2) is 5.11 Å². The molecular weight excluding hydrogens is 120 g/mol. The molecule has 0 amide bonds. The van der Waals surface area contributed by atoms with Gasteiger partial charge in [0, 0.05) is 18.0 Å². The molecule has 1 fully saturated rings. The Kier molecular flexibility index (Phi) is 2.32. The second-order valence-corrected chi connectivity index (χ2v) is 1.73. The van der Waals surface area contributed by atoms with Crippen molar-refractivity contribution in [2.75, 3.05) is 19.7 Å². The van der Waals surface area contributed by atoms with E-state index >= 15 is 0 Å². The first-order valence-electron chi connectivity index (χ1n) is 2.80. The Balaban J connectivity index is 2.31. The van der Waals surface area contributed by atoms with Gasteiger partial charge in [0.25, 0.3) is 0 Å². The van der Waals surface area contributed by atoms with Gasteiger partial charge in [0.2, 0.25) is 0 Å². The van der Waals surface area contributed by atoms with E-state index in [2.05, 4.69) is 15.3 Å². The summed E-state index contributed by atoms with van der Waals surface area (Å²) in [4.78, 5) is 2.62. The highest BCUT2D eigenvalue weighted by atomic mass is 16.5. The molecule has 0 aromatic heterocycles. The van der Waals surface area contributed by atoms with Gasteiger partial charge in [0.05, 0.1) is 6.61 Å². The molecule has 1 atom stereocenters. The first-order chi connectivity index (χ1) is 4.43. The van der Waals surface area contributed by atoms with E-state index in [1.54, 1.807) is 0 Å². The predicted octanol–water partition coefficient (Wildman–Crippen LogP) is 0.243. The molecule has 50 valence electrons. The first kappa shape index (κ1) is 6.35. The number of morpholine rings is 1. The van der Waals surface area contributed by atoms with Gasteiger partial charge >= 0.3 is 0 Å². The molecule has 9 heavy (non-hydrogen) atoms. The van der Waals surface area contributed by atoms with Crippen LogP contribution in [0.5, 0.6) is 0 Å². The van der Waals surface area contributed by atoms with Crippen LogP contribution in [-0.2, 0) is 4.74 Å². The molecule has 1 saturated heterocycles. The lowest BCUT2D eigenvalue weighted by Crippen LogP contribution is -2.36. The summed E-state index contributed by atoms with van der Waals surface area (Å²) >= 11 is 0. The van der Waals surface area contributed by atoms with Crippen molar-refractivity contribution in [3.8, 4) is 0 Å². The summed E-state index contributed by atoms with van der Waals surface area (Å²) < 4.78 is 5.04. The number of nitrogens with one attached hydrogen (secondary N) is 1. The molecule has 0 spiro atoms. The number of nitrogens with zero attached hydrogens (tertiary/aromatic N) is 3. The van der Waals surface area contributed by atoms with Crippen LogP contribution in [0.25, 0.3) is 10.4 Å². The maximum Gasteiger partial charge on any atom is 0.148 e.